The van der Waals surface area contributed by atoms with E-state index in [1.165, 1.54) is 30.5 Å². The molecule has 1 aliphatic rings. The van der Waals surface area contributed by atoms with Crippen LogP contribution in [0.25, 0.3) is 11.0 Å². The second-order valence-electron chi connectivity index (χ2n) is 10.4. The first kappa shape index (κ1) is 25.4. The van der Waals surface area contributed by atoms with Crippen LogP contribution in [0, 0.1) is 11.7 Å². The number of nitrogens with zero attached hydrogens (tertiary/aromatic N) is 3. The summed E-state index contributed by atoms with van der Waals surface area (Å²) in [6.07, 6.45) is 4.54. The van der Waals surface area contributed by atoms with Crippen LogP contribution in [0.2, 0.25) is 0 Å². The molecular formula is C31H36FN3O2. The van der Waals surface area contributed by atoms with E-state index in [1.54, 1.807) is 12.1 Å². The number of aromatic nitrogens is 1. The Hall–Kier alpha value is -3.22. The van der Waals surface area contributed by atoms with Crippen molar-refractivity contribution in [2.75, 3.05) is 27.2 Å². The summed E-state index contributed by atoms with van der Waals surface area (Å²) in [5.74, 6) is 1.10. The predicted octanol–water partition coefficient (Wildman–Crippen LogP) is 6.45. The lowest BCUT2D eigenvalue weighted by molar-refractivity contribution is 0.172. The molecule has 0 amide bonds. The van der Waals surface area contributed by atoms with Gasteiger partial charge in [-0.15, -0.1) is 0 Å². The van der Waals surface area contributed by atoms with Crippen LogP contribution in [-0.4, -0.2) is 42.1 Å². The molecule has 1 fully saturated rings. The number of hydrogen-bond donors (Lipinski definition) is 0. The average Bonchev–Trinajstić information content (AvgIpc) is 3.32. The molecule has 1 saturated heterocycles. The van der Waals surface area contributed by atoms with Gasteiger partial charge in [-0.05, 0) is 100 Å². The highest BCUT2D eigenvalue weighted by molar-refractivity contribution is 5.83. The van der Waals surface area contributed by atoms with Gasteiger partial charge in [0.1, 0.15) is 18.2 Å². The van der Waals surface area contributed by atoms with E-state index in [9.17, 15) is 4.39 Å². The van der Waals surface area contributed by atoms with Crippen LogP contribution in [0.4, 0.5) is 4.39 Å². The first-order valence-corrected chi connectivity index (χ1v) is 13.2. The predicted molar refractivity (Wildman–Crippen MR) is 145 cm³/mol. The van der Waals surface area contributed by atoms with Crippen molar-refractivity contribution in [2.45, 2.75) is 45.4 Å². The van der Waals surface area contributed by atoms with Crippen LogP contribution in [-0.2, 0) is 26.1 Å². The molecule has 0 aliphatic carbocycles. The van der Waals surface area contributed by atoms with Crippen molar-refractivity contribution in [1.29, 1.82) is 0 Å². The number of hydrogen-bond acceptors (Lipinski definition) is 5. The SMILES string of the molecule is CN(C)Cc1c(COc2ccc(F)cc2)ccc2c(CCC3CCN(Cc4ccccc4)CC3)noc12. The molecule has 4 aromatic rings. The lowest BCUT2D eigenvalue weighted by atomic mass is 9.90. The quantitative estimate of drug-likeness (QED) is 0.250. The summed E-state index contributed by atoms with van der Waals surface area (Å²) in [5.41, 5.74) is 5.44. The number of halogens is 1. The summed E-state index contributed by atoms with van der Waals surface area (Å²) in [4.78, 5) is 4.70. The molecule has 0 saturated carbocycles. The van der Waals surface area contributed by atoms with E-state index in [1.807, 2.05) is 14.1 Å². The number of ether oxygens (including phenoxy) is 1. The summed E-state index contributed by atoms with van der Waals surface area (Å²) in [5, 5.41) is 5.60. The van der Waals surface area contributed by atoms with E-state index >= 15 is 0 Å². The summed E-state index contributed by atoms with van der Waals surface area (Å²) in [6, 6.07) is 21.1. The van der Waals surface area contributed by atoms with Gasteiger partial charge in [0.05, 0.1) is 5.69 Å². The van der Waals surface area contributed by atoms with Gasteiger partial charge in [-0.3, -0.25) is 4.90 Å². The maximum absolute atomic E-state index is 13.2. The highest BCUT2D eigenvalue weighted by Gasteiger charge is 2.21. The minimum atomic E-state index is -0.269. The van der Waals surface area contributed by atoms with Crippen molar-refractivity contribution in [1.82, 2.24) is 15.0 Å². The number of benzene rings is 3. The molecule has 37 heavy (non-hydrogen) atoms. The molecule has 0 radical (unpaired) electrons. The van der Waals surface area contributed by atoms with Crippen LogP contribution in [0.15, 0.2) is 71.3 Å². The van der Waals surface area contributed by atoms with E-state index in [4.69, 9.17) is 9.26 Å². The Labute approximate surface area is 218 Å². The second kappa shape index (κ2) is 11.9. The van der Waals surface area contributed by atoms with Crippen molar-refractivity contribution in [3.63, 3.8) is 0 Å². The summed E-state index contributed by atoms with van der Waals surface area (Å²) in [7, 11) is 4.09. The molecule has 5 rings (SSSR count). The monoisotopic (exact) mass is 501 g/mol. The van der Waals surface area contributed by atoms with Gasteiger partial charge in [-0.1, -0.05) is 41.6 Å². The summed E-state index contributed by atoms with van der Waals surface area (Å²) < 4.78 is 25.1. The van der Waals surface area contributed by atoms with Gasteiger partial charge < -0.3 is 14.2 Å². The standard InChI is InChI=1S/C31H36FN3O2/c1-34(2)21-29-25(22-36-27-12-10-26(32)11-13-27)9-14-28-30(33-37-31(28)29)15-8-23-16-18-35(19-17-23)20-24-6-4-3-5-7-24/h3-7,9-14,23H,8,15-22H2,1-2H3. The zero-order valence-corrected chi connectivity index (χ0v) is 21.8. The molecule has 1 aliphatic heterocycles. The maximum Gasteiger partial charge on any atom is 0.172 e. The maximum atomic E-state index is 13.2. The van der Waals surface area contributed by atoms with E-state index < -0.39 is 0 Å². The third-order valence-electron chi connectivity index (χ3n) is 7.34. The highest BCUT2D eigenvalue weighted by Crippen LogP contribution is 2.30. The summed E-state index contributed by atoms with van der Waals surface area (Å²) >= 11 is 0. The summed E-state index contributed by atoms with van der Waals surface area (Å²) in [6.45, 7) is 4.48. The van der Waals surface area contributed by atoms with Crippen molar-refractivity contribution in [3.05, 3.63) is 94.9 Å². The smallest absolute Gasteiger partial charge is 0.172 e. The molecule has 5 nitrogen and oxygen atoms in total. The number of fused-ring (bicyclic) bond motifs is 1. The highest BCUT2D eigenvalue weighted by atomic mass is 19.1. The second-order valence-corrected chi connectivity index (χ2v) is 10.4. The van der Waals surface area contributed by atoms with Gasteiger partial charge in [0.2, 0.25) is 0 Å². The van der Waals surface area contributed by atoms with E-state index in [2.05, 4.69) is 57.4 Å². The van der Waals surface area contributed by atoms with Crippen LogP contribution in [0.3, 0.4) is 0 Å². The first-order chi connectivity index (χ1) is 18.0. The lowest BCUT2D eigenvalue weighted by Gasteiger charge is -2.32. The van der Waals surface area contributed by atoms with Gasteiger partial charge >= 0.3 is 0 Å². The molecule has 0 N–H and O–H groups in total. The lowest BCUT2D eigenvalue weighted by Crippen LogP contribution is -2.33. The Morgan fingerprint density at radius 2 is 1.76 bits per heavy atom. The number of aryl methyl sites for hydroxylation is 1. The molecule has 0 bridgehead atoms. The Morgan fingerprint density at radius 3 is 2.49 bits per heavy atom. The normalized spacial score (nSPS) is 15.0. The molecule has 0 unspecified atom stereocenters. The van der Waals surface area contributed by atoms with Crippen LogP contribution in [0.1, 0.15) is 41.6 Å². The minimum Gasteiger partial charge on any atom is -0.489 e. The fourth-order valence-electron chi connectivity index (χ4n) is 5.26. The number of likely N-dealkylation sites (tertiary alicyclic amines) is 1. The fourth-order valence-corrected chi connectivity index (χ4v) is 5.26. The van der Waals surface area contributed by atoms with Crippen molar-refractivity contribution in [2.24, 2.45) is 5.92 Å². The zero-order chi connectivity index (χ0) is 25.6. The van der Waals surface area contributed by atoms with E-state index in [-0.39, 0.29) is 5.82 Å². The molecule has 0 spiro atoms. The molecule has 6 heteroatoms. The van der Waals surface area contributed by atoms with E-state index in [0.717, 1.165) is 72.7 Å². The number of piperidine rings is 1. The third kappa shape index (κ3) is 6.56. The molecular weight excluding hydrogens is 465 g/mol. The van der Waals surface area contributed by atoms with Gasteiger partial charge in [0.15, 0.2) is 5.58 Å². The van der Waals surface area contributed by atoms with Crippen LogP contribution in [0.5, 0.6) is 5.75 Å². The molecule has 0 atom stereocenters. The van der Waals surface area contributed by atoms with Crippen molar-refractivity contribution >= 4 is 11.0 Å². The van der Waals surface area contributed by atoms with Gasteiger partial charge in [0.25, 0.3) is 0 Å². The minimum absolute atomic E-state index is 0.269. The Bertz CT molecular complexity index is 1280. The van der Waals surface area contributed by atoms with Crippen LogP contribution >= 0.6 is 0 Å². The third-order valence-corrected chi connectivity index (χ3v) is 7.34. The topological polar surface area (TPSA) is 41.7 Å². The molecule has 3 aromatic carbocycles. The van der Waals surface area contributed by atoms with Gasteiger partial charge in [0, 0.05) is 24.0 Å². The Balaban J connectivity index is 1.22. The van der Waals surface area contributed by atoms with Crippen LogP contribution < -0.4 is 4.74 Å². The fraction of sp³-hybridized carbons (Fsp3) is 0.387. The Kier molecular flexibility index (Phi) is 8.17. The van der Waals surface area contributed by atoms with Gasteiger partial charge in [-0.25, -0.2) is 4.39 Å². The van der Waals surface area contributed by atoms with Crippen molar-refractivity contribution < 1.29 is 13.7 Å². The molecule has 1 aromatic heterocycles. The van der Waals surface area contributed by atoms with Crippen molar-refractivity contribution in [3.8, 4) is 5.75 Å². The largest absolute Gasteiger partial charge is 0.489 e. The van der Waals surface area contributed by atoms with E-state index in [0.29, 0.717) is 12.4 Å². The Morgan fingerprint density at radius 1 is 1.00 bits per heavy atom. The van der Waals surface area contributed by atoms with Gasteiger partial charge in [-0.2, -0.15) is 0 Å². The average molecular weight is 502 g/mol. The zero-order valence-electron chi connectivity index (χ0n) is 21.8. The number of rotatable bonds is 10. The molecule has 2 heterocycles. The molecule has 194 valence electrons. The first-order valence-electron chi connectivity index (χ1n) is 13.2.